The third-order valence-corrected chi connectivity index (χ3v) is 3.21. The fourth-order valence-corrected chi connectivity index (χ4v) is 1.88. The molecule has 0 saturated heterocycles. The molecule has 1 rings (SSSR count). The normalized spacial score (nSPS) is 14.1. The number of likely N-dealkylation sites (N-methyl/N-ethyl adjacent to an activating group) is 1. The lowest BCUT2D eigenvalue weighted by atomic mass is 9.92. The SMILES string of the molecule is CCOc1ccc(C(C)(NCCN(C)C)C(=O)O)cc1. The largest absolute Gasteiger partial charge is 0.494 e. The molecule has 0 bridgehead atoms. The molecule has 5 heteroatoms. The maximum atomic E-state index is 11.6. The van der Waals surface area contributed by atoms with Gasteiger partial charge < -0.3 is 14.7 Å². The van der Waals surface area contributed by atoms with Crippen LogP contribution in [0.1, 0.15) is 19.4 Å². The Bertz CT molecular complexity index is 431. The van der Waals surface area contributed by atoms with Crippen LogP contribution in [0.15, 0.2) is 24.3 Å². The Hall–Kier alpha value is -1.59. The highest BCUT2D eigenvalue weighted by atomic mass is 16.5. The second-order valence-corrected chi connectivity index (χ2v) is 5.12. The molecule has 5 nitrogen and oxygen atoms in total. The zero-order valence-corrected chi connectivity index (χ0v) is 12.6. The number of carboxylic acids is 1. The first-order valence-electron chi connectivity index (χ1n) is 6.76. The van der Waals surface area contributed by atoms with Crippen molar-refractivity contribution in [2.75, 3.05) is 33.8 Å². The fourth-order valence-electron chi connectivity index (χ4n) is 1.88. The van der Waals surface area contributed by atoms with E-state index in [1.165, 1.54) is 0 Å². The number of ether oxygens (including phenoxy) is 1. The van der Waals surface area contributed by atoms with E-state index in [2.05, 4.69) is 5.32 Å². The van der Waals surface area contributed by atoms with Gasteiger partial charge in [-0.1, -0.05) is 12.1 Å². The lowest BCUT2D eigenvalue weighted by molar-refractivity contribution is -0.144. The van der Waals surface area contributed by atoms with Crippen molar-refractivity contribution < 1.29 is 14.6 Å². The average Bonchev–Trinajstić information content (AvgIpc) is 2.39. The highest BCUT2D eigenvalue weighted by molar-refractivity contribution is 5.80. The summed E-state index contributed by atoms with van der Waals surface area (Å²) in [6.45, 7) is 5.57. The molecule has 0 amide bonds. The van der Waals surface area contributed by atoms with Crippen molar-refractivity contribution in [3.8, 4) is 5.75 Å². The molecular weight excluding hydrogens is 256 g/mol. The second kappa shape index (κ2) is 7.26. The van der Waals surface area contributed by atoms with Crippen LogP contribution in [0.25, 0.3) is 0 Å². The molecule has 0 fully saturated rings. The van der Waals surface area contributed by atoms with E-state index in [0.29, 0.717) is 18.7 Å². The smallest absolute Gasteiger partial charge is 0.328 e. The first kappa shape index (κ1) is 16.5. The summed E-state index contributed by atoms with van der Waals surface area (Å²) in [5.41, 5.74) is -0.381. The molecule has 0 aliphatic carbocycles. The monoisotopic (exact) mass is 280 g/mol. The molecule has 0 aromatic heterocycles. The van der Waals surface area contributed by atoms with Crippen LogP contribution in [0.2, 0.25) is 0 Å². The van der Waals surface area contributed by atoms with E-state index >= 15 is 0 Å². The van der Waals surface area contributed by atoms with E-state index in [0.717, 1.165) is 12.3 Å². The molecule has 0 radical (unpaired) electrons. The predicted octanol–water partition coefficient (Wildman–Crippen LogP) is 1.54. The summed E-state index contributed by atoms with van der Waals surface area (Å²) in [6, 6.07) is 7.19. The second-order valence-electron chi connectivity index (χ2n) is 5.12. The summed E-state index contributed by atoms with van der Waals surface area (Å²) in [5.74, 6) is -0.141. The molecular formula is C15H24N2O3. The van der Waals surface area contributed by atoms with Gasteiger partial charge >= 0.3 is 5.97 Å². The molecule has 20 heavy (non-hydrogen) atoms. The number of hydrogen-bond acceptors (Lipinski definition) is 4. The maximum absolute atomic E-state index is 11.6. The molecule has 0 aliphatic heterocycles. The third kappa shape index (κ3) is 4.21. The van der Waals surface area contributed by atoms with E-state index in [-0.39, 0.29) is 0 Å². The molecule has 0 saturated carbocycles. The number of nitrogens with zero attached hydrogens (tertiary/aromatic N) is 1. The third-order valence-electron chi connectivity index (χ3n) is 3.21. The van der Waals surface area contributed by atoms with Crippen LogP contribution in [0.3, 0.4) is 0 Å². The number of nitrogens with one attached hydrogen (secondary N) is 1. The summed E-state index contributed by atoms with van der Waals surface area (Å²) >= 11 is 0. The lowest BCUT2D eigenvalue weighted by Crippen LogP contribution is -2.48. The van der Waals surface area contributed by atoms with Gasteiger partial charge in [0.25, 0.3) is 0 Å². The first-order valence-corrected chi connectivity index (χ1v) is 6.76. The van der Waals surface area contributed by atoms with E-state index < -0.39 is 11.5 Å². The minimum absolute atomic E-state index is 0.594. The highest BCUT2D eigenvalue weighted by Gasteiger charge is 2.34. The van der Waals surface area contributed by atoms with Crippen LogP contribution < -0.4 is 10.1 Å². The minimum Gasteiger partial charge on any atom is -0.494 e. The van der Waals surface area contributed by atoms with Gasteiger partial charge in [-0.25, -0.2) is 4.79 Å². The van der Waals surface area contributed by atoms with E-state index in [9.17, 15) is 9.90 Å². The van der Waals surface area contributed by atoms with E-state index in [1.807, 2.05) is 25.9 Å². The van der Waals surface area contributed by atoms with Crippen molar-refractivity contribution in [3.05, 3.63) is 29.8 Å². The Balaban J connectivity index is 2.85. The predicted molar refractivity (Wildman–Crippen MR) is 79.2 cm³/mol. The van der Waals surface area contributed by atoms with Crippen LogP contribution >= 0.6 is 0 Å². The van der Waals surface area contributed by atoms with Crippen molar-refractivity contribution in [2.24, 2.45) is 0 Å². The Kier molecular flexibility index (Phi) is 5.98. The molecule has 1 aromatic rings. The lowest BCUT2D eigenvalue weighted by Gasteiger charge is -2.28. The minimum atomic E-state index is -1.10. The first-order chi connectivity index (χ1) is 9.40. The molecule has 2 N–H and O–H groups in total. The van der Waals surface area contributed by atoms with Crippen LogP contribution in [-0.2, 0) is 10.3 Å². The van der Waals surface area contributed by atoms with Crippen molar-refractivity contribution in [1.82, 2.24) is 10.2 Å². The van der Waals surface area contributed by atoms with Gasteiger partial charge in [-0.3, -0.25) is 5.32 Å². The highest BCUT2D eigenvalue weighted by Crippen LogP contribution is 2.23. The Labute approximate surface area is 120 Å². The topological polar surface area (TPSA) is 61.8 Å². The summed E-state index contributed by atoms with van der Waals surface area (Å²) in [7, 11) is 3.91. The molecule has 112 valence electrons. The Morgan fingerprint density at radius 1 is 1.35 bits per heavy atom. The zero-order valence-electron chi connectivity index (χ0n) is 12.6. The summed E-state index contributed by atoms with van der Waals surface area (Å²) < 4.78 is 5.37. The van der Waals surface area contributed by atoms with Gasteiger partial charge in [0.05, 0.1) is 6.61 Å². The fraction of sp³-hybridized carbons (Fsp3) is 0.533. The van der Waals surface area contributed by atoms with Gasteiger partial charge in [-0.2, -0.15) is 0 Å². The van der Waals surface area contributed by atoms with Crippen LogP contribution in [0.4, 0.5) is 0 Å². The molecule has 1 atom stereocenters. The number of carboxylic acid groups (broad SMARTS) is 1. The number of rotatable bonds is 8. The standard InChI is InChI=1S/C15H24N2O3/c1-5-20-13-8-6-12(7-9-13)15(2,14(18)19)16-10-11-17(3)4/h6-9,16H,5,10-11H2,1-4H3,(H,18,19). The van der Waals surface area contributed by atoms with Crippen LogP contribution in [-0.4, -0.2) is 49.8 Å². The molecule has 1 unspecified atom stereocenters. The number of benzene rings is 1. The summed E-state index contributed by atoms with van der Waals surface area (Å²) in [6.07, 6.45) is 0. The van der Waals surface area contributed by atoms with Crippen LogP contribution in [0, 0.1) is 0 Å². The zero-order chi connectivity index (χ0) is 15.2. The average molecular weight is 280 g/mol. The molecule has 0 spiro atoms. The quantitative estimate of drug-likeness (QED) is 0.756. The Morgan fingerprint density at radius 3 is 2.40 bits per heavy atom. The van der Waals surface area contributed by atoms with Gasteiger partial charge in [-0.15, -0.1) is 0 Å². The van der Waals surface area contributed by atoms with Gasteiger partial charge in [0.1, 0.15) is 11.3 Å². The molecule has 0 aliphatic rings. The summed E-state index contributed by atoms with van der Waals surface area (Å²) in [4.78, 5) is 13.6. The van der Waals surface area contributed by atoms with Gasteiger partial charge in [0.15, 0.2) is 0 Å². The molecule has 0 heterocycles. The summed E-state index contributed by atoms with van der Waals surface area (Å²) in [5, 5.41) is 12.6. The van der Waals surface area contributed by atoms with Crippen molar-refractivity contribution >= 4 is 5.97 Å². The number of aliphatic carboxylic acids is 1. The van der Waals surface area contributed by atoms with E-state index in [4.69, 9.17) is 4.74 Å². The number of hydrogen-bond donors (Lipinski definition) is 2. The maximum Gasteiger partial charge on any atom is 0.328 e. The number of carbonyl (C=O) groups is 1. The Morgan fingerprint density at radius 2 is 1.95 bits per heavy atom. The van der Waals surface area contributed by atoms with Crippen LogP contribution in [0.5, 0.6) is 5.75 Å². The van der Waals surface area contributed by atoms with Crippen molar-refractivity contribution in [1.29, 1.82) is 0 Å². The van der Waals surface area contributed by atoms with Crippen molar-refractivity contribution in [3.63, 3.8) is 0 Å². The van der Waals surface area contributed by atoms with Crippen molar-refractivity contribution in [2.45, 2.75) is 19.4 Å². The van der Waals surface area contributed by atoms with E-state index in [1.54, 1.807) is 31.2 Å². The molecule has 1 aromatic carbocycles. The van der Waals surface area contributed by atoms with Gasteiger partial charge in [-0.05, 0) is 45.6 Å². The van der Waals surface area contributed by atoms with Gasteiger partial charge in [0, 0.05) is 13.1 Å². The van der Waals surface area contributed by atoms with Gasteiger partial charge in [0.2, 0.25) is 0 Å².